The monoisotopic (exact) mass is 1810 g/mol. The number of carbonyl (C=O) groups excluding carboxylic acids is 8. The number of phenols is 3. The molecule has 11 bridgehead atoms. The van der Waals surface area contributed by atoms with Crippen LogP contribution in [0.1, 0.15) is 168 Å². The van der Waals surface area contributed by atoms with Crippen molar-refractivity contribution in [1.82, 2.24) is 52.3 Å². The van der Waals surface area contributed by atoms with Crippen molar-refractivity contribution in [2.24, 2.45) is 23.1 Å². The molecule has 23 N–H and O–H groups in total. The van der Waals surface area contributed by atoms with Gasteiger partial charge in [0.15, 0.2) is 24.1 Å². The maximum absolute atomic E-state index is 16.8. The number of benzene rings is 6. The molecule has 39 heteroatoms. The Labute approximate surface area is 749 Å². The summed E-state index contributed by atoms with van der Waals surface area (Å²) in [6.07, 6.45) is -16.4. The number of aliphatic hydroxyl groups is 6. The second-order valence-electron chi connectivity index (χ2n) is 35.2. The molecule has 8 amide bonds. The first kappa shape index (κ1) is 96.1. The zero-order chi connectivity index (χ0) is 93.2. The third-order valence-corrected chi connectivity index (χ3v) is 24.9. The molecule has 4 saturated heterocycles. The van der Waals surface area contributed by atoms with E-state index in [4.69, 9.17) is 66.7 Å². The van der Waals surface area contributed by atoms with Crippen molar-refractivity contribution < 1.29 is 122 Å². The van der Waals surface area contributed by atoms with Crippen molar-refractivity contribution >= 4 is 58.9 Å². The number of amides is 8. The molecule has 4 fully saturated rings. The largest absolute Gasteiger partial charge is 0.507 e. The third-order valence-electron chi connectivity index (χ3n) is 24.7. The Hall–Kier alpha value is -10.5. The molecule has 0 saturated carbocycles. The number of halogens is 1. The van der Waals surface area contributed by atoms with Gasteiger partial charge in [0.05, 0.1) is 66.6 Å². The number of aryl methyl sites for hydroxylation is 1. The Balaban J connectivity index is 1.03. The van der Waals surface area contributed by atoms with Gasteiger partial charge in [-0.05, 0) is 153 Å². The summed E-state index contributed by atoms with van der Waals surface area (Å²) in [5.41, 5.74) is 16.8. The van der Waals surface area contributed by atoms with Crippen LogP contribution in [0, 0.1) is 5.92 Å². The lowest BCUT2D eigenvalue weighted by molar-refractivity contribution is -0.442. The second kappa shape index (κ2) is 40.1. The number of aliphatic hydroxyl groups excluding tert-OH is 6. The fourth-order valence-corrected chi connectivity index (χ4v) is 17.6. The van der Waals surface area contributed by atoms with Crippen LogP contribution in [0.25, 0.3) is 11.1 Å². The highest BCUT2D eigenvalue weighted by Gasteiger charge is 2.55. The first-order valence-corrected chi connectivity index (χ1v) is 43.5. The fraction of sp³-hybridized carbons (Fsp3) is 0.511. The smallest absolute Gasteiger partial charge is 0.332 e. The average molecular weight is 1820 g/mol. The lowest BCUT2D eigenvalue weighted by Gasteiger charge is -2.48. The minimum Gasteiger partial charge on any atom is -0.507 e. The van der Waals surface area contributed by atoms with Crippen LogP contribution in [0.5, 0.6) is 46.0 Å². The Morgan fingerprint density at radius 3 is 1.89 bits per heavy atom. The van der Waals surface area contributed by atoms with Crippen LogP contribution in [-0.2, 0) is 81.6 Å². The molecule has 9 aliphatic rings. The first-order valence-electron chi connectivity index (χ1n) is 43.1. The van der Waals surface area contributed by atoms with Gasteiger partial charge in [-0.2, -0.15) is 0 Å². The maximum atomic E-state index is 16.8. The van der Waals surface area contributed by atoms with Gasteiger partial charge in [-0.3, -0.25) is 52.9 Å². The van der Waals surface area contributed by atoms with E-state index in [1.807, 2.05) is 18.7 Å². The number of aromatic hydroxyl groups is 3. The van der Waals surface area contributed by atoms with Crippen LogP contribution in [0.3, 0.4) is 0 Å². The van der Waals surface area contributed by atoms with Gasteiger partial charge in [0.25, 0.3) is 0 Å². The van der Waals surface area contributed by atoms with Gasteiger partial charge in [0, 0.05) is 81.4 Å². The summed E-state index contributed by atoms with van der Waals surface area (Å²) in [6, 6.07) is 10.4. The van der Waals surface area contributed by atoms with Crippen molar-refractivity contribution in [3.63, 3.8) is 0 Å². The van der Waals surface area contributed by atoms with E-state index >= 15 is 24.0 Å². The minimum absolute atomic E-state index is 0.00183. The Bertz CT molecular complexity index is 5120. The molecule has 2 unspecified atom stereocenters. The lowest BCUT2D eigenvalue weighted by atomic mass is 9.86. The Kier molecular flexibility index (Phi) is 29.9. The number of phenolic OH excluding ortho intramolecular Hbond substituents is 3. The van der Waals surface area contributed by atoms with Crippen LogP contribution in [0.15, 0.2) is 103 Å². The number of ether oxygens (including phenoxy) is 8. The minimum atomic E-state index is -2.82. The van der Waals surface area contributed by atoms with Crippen molar-refractivity contribution in [3.8, 4) is 57.1 Å². The van der Waals surface area contributed by atoms with Crippen LogP contribution in [0.4, 0.5) is 0 Å². The average Bonchev–Trinajstić information content (AvgIpc) is 0.753. The van der Waals surface area contributed by atoms with Crippen LogP contribution < -0.4 is 73.9 Å². The van der Waals surface area contributed by atoms with E-state index in [1.165, 1.54) is 95.9 Å². The van der Waals surface area contributed by atoms with Gasteiger partial charge >= 0.3 is 5.97 Å². The van der Waals surface area contributed by atoms with Gasteiger partial charge in [-0.15, -0.1) is 0 Å². The third kappa shape index (κ3) is 21.6. The van der Waals surface area contributed by atoms with E-state index < -0.39 is 234 Å². The van der Waals surface area contributed by atoms with Crippen molar-refractivity contribution in [2.45, 2.75) is 240 Å². The zero-order valence-corrected chi connectivity index (χ0v) is 73.7. The number of carbonyl (C=O) groups is 8. The van der Waals surface area contributed by atoms with Crippen LogP contribution in [0.2, 0.25) is 5.02 Å². The molecule has 129 heavy (non-hydrogen) atoms. The Morgan fingerprint density at radius 2 is 1.27 bits per heavy atom. The predicted octanol–water partition coefficient (Wildman–Crippen LogP) is 2.36. The molecule has 0 radical (unpaired) electrons. The maximum Gasteiger partial charge on any atom is 0.332 e. The second-order valence-corrected chi connectivity index (χ2v) is 35.6. The predicted molar refractivity (Wildman–Crippen MR) is 463 cm³/mol. The molecule has 6 aromatic rings. The molecule has 38 nitrogen and oxygen atoms in total. The zero-order valence-electron chi connectivity index (χ0n) is 73.0. The number of likely N-dealkylation sites (N-methyl/N-ethyl adjacent to an activating group) is 2. The molecule has 15 rings (SSSR count). The molecular formula is C90H116ClN13O25. The number of piperazine rings is 1. The molecular weight excluding hydrogens is 1700 g/mol. The Morgan fingerprint density at radius 1 is 0.667 bits per heavy atom. The van der Waals surface area contributed by atoms with Crippen molar-refractivity contribution in [3.05, 3.63) is 153 Å². The van der Waals surface area contributed by atoms with Crippen LogP contribution in [-0.4, -0.2) is 246 Å². The lowest BCUT2D eigenvalue weighted by Crippen LogP contribution is -2.64. The highest BCUT2D eigenvalue weighted by Crippen LogP contribution is 2.52. The summed E-state index contributed by atoms with van der Waals surface area (Å²) in [5, 5.41) is 129. The van der Waals surface area contributed by atoms with Gasteiger partial charge in [0.2, 0.25) is 53.0 Å². The summed E-state index contributed by atoms with van der Waals surface area (Å²) < 4.78 is 53.2. The van der Waals surface area contributed by atoms with Gasteiger partial charge in [0.1, 0.15) is 89.4 Å². The summed E-state index contributed by atoms with van der Waals surface area (Å²) in [6.45, 7) is 13.3. The van der Waals surface area contributed by atoms with E-state index in [2.05, 4.69) is 78.6 Å². The van der Waals surface area contributed by atoms with Crippen molar-refractivity contribution in [1.29, 1.82) is 0 Å². The molecule has 0 spiro atoms. The molecule has 21 atom stereocenters. The summed E-state index contributed by atoms with van der Waals surface area (Å²) in [5.74, 6) is -16.9. The van der Waals surface area contributed by atoms with Gasteiger partial charge in [-0.1, -0.05) is 87.3 Å². The van der Waals surface area contributed by atoms with E-state index in [-0.39, 0.29) is 87.2 Å². The standard InChI is InChI=1S/C90H116ClN13O25/c1-10-11-12-45-13-15-46(16-14-45)39-103-25-27-104(28-26-103)40-54-59(107)34-53-68(75(54)111)52-30-48(19-23-58(52)106)69-84(118)102-73(87(121)100-71(53)83(117)96-9)77(126-66-37-88(6,93)79(113)43(4)122-66)47-17-21-51(22-18-47)124-62-32-50-33-63(78(62)129-90(36-60(108)76(112)64(41-105)127-90)128-67-38-89(7,94)80(114)44(5)123-67)125-61-24-20-49(31-55(61)91)74(110)72(101-81(115)56(95-8)29-42(2)3)86(120)97-57(35-65(92)109)82(116)98-70(50)85(119)99-69/h13-24,30-34,42-44,56-57,60,64,66-67,69-74,76-77,79-80,95,105-108,110-114H,10-12,25-29,35-41,93-94H2,1-9H3,(H2,92,109)(H,96,117)(H,97,120)(H,98,116)(H,99,119)(H,100,121)(H,101,115)(H,102,118)/t43-,44-,56-,57+,60-,64-,66-,67-,69-,70-,71+,72-,73+,74-,76+,77-,79-,80-,88?,89?,90+/m1/s1. The van der Waals surface area contributed by atoms with Gasteiger partial charge < -0.3 is 139 Å². The van der Waals surface area contributed by atoms with Crippen molar-refractivity contribution in [2.75, 3.05) is 46.9 Å². The van der Waals surface area contributed by atoms with Crippen LogP contribution >= 0.6 is 11.6 Å². The highest BCUT2D eigenvalue weighted by atomic mass is 35.5. The number of hydrogen-bond acceptors (Lipinski definition) is 30. The number of hydrogen-bond donors (Lipinski definition) is 20. The van der Waals surface area contributed by atoms with E-state index in [0.29, 0.717) is 32.7 Å². The first-order chi connectivity index (χ1) is 61.2. The number of nitrogens with two attached hydrogens (primary N) is 3. The molecule has 9 aliphatic heterocycles. The molecule has 0 aliphatic carbocycles. The number of nitrogens with zero attached hydrogens (tertiary/aromatic N) is 2. The van der Waals surface area contributed by atoms with E-state index in [1.54, 1.807) is 0 Å². The quantitative estimate of drug-likeness (QED) is 0.0434. The number of nitrogens with one attached hydrogen (secondary N) is 8. The number of rotatable bonds is 22. The topological polar surface area (TPSA) is 573 Å². The molecule has 698 valence electrons. The molecule has 9 heterocycles. The van der Waals surface area contributed by atoms with Gasteiger partial charge in [-0.25, -0.2) is 0 Å². The summed E-state index contributed by atoms with van der Waals surface area (Å²) >= 11 is 7.25. The van der Waals surface area contributed by atoms with E-state index in [9.17, 15) is 60.3 Å². The normalized spacial score (nSPS) is 30.2. The molecule has 6 aromatic carbocycles. The SMILES string of the molecule is CCCCc1ccc(CN2CCN(Cc3c(O)cc4c(c3O)-c3cc(ccc3O)[C@H]3NC(=O)[C@@H]5NC(=O)[C@H](CC(N)=O)NC(=O)[C@H](NC(=O)[C@@H](CC(C)C)NC)[C@H](O)c6ccc(c(Cl)c6)Oc6cc5cc(c6O[C@@]5(O[C@@H]6CC(C)(N)[C@H](O)[C@@H](C)O6)C[C@@H](O)[C@H](O)[C@@H](CO)O5)Oc5ccc(cc5)[C@@H](O[C@@H]5CC(C)(N)[C@H](O)[C@@H](C)O5)[C@H](NC3=O)C(=O)N[C@@H]4C(=O)NC)CC2)cc1. The fourth-order valence-electron chi connectivity index (χ4n) is 17.4. The highest BCUT2D eigenvalue weighted by molar-refractivity contribution is 6.32. The number of fused-ring (bicyclic) bond motifs is 15. The summed E-state index contributed by atoms with van der Waals surface area (Å²) in [7, 11) is 2.74. The number of unbranched alkanes of at least 4 members (excludes halogenated alkanes) is 1. The number of primary amides is 1. The summed E-state index contributed by atoms with van der Waals surface area (Å²) in [4.78, 5) is 128. The molecule has 0 aromatic heterocycles. The van der Waals surface area contributed by atoms with E-state index in [0.717, 1.165) is 55.2 Å².